The van der Waals surface area contributed by atoms with Gasteiger partial charge in [0.2, 0.25) is 0 Å². The van der Waals surface area contributed by atoms with Gasteiger partial charge in [0.25, 0.3) is 5.91 Å². The second-order valence-corrected chi connectivity index (χ2v) is 8.60. The van der Waals surface area contributed by atoms with Crippen LogP contribution in [-0.2, 0) is 11.4 Å². The molecule has 1 aliphatic heterocycles. The minimum Gasteiger partial charge on any atom is -0.490 e. The number of nitrogens with zero attached hydrogens (tertiary/aromatic N) is 1. The van der Waals surface area contributed by atoms with Crippen LogP contribution >= 0.6 is 27.5 Å². The summed E-state index contributed by atoms with van der Waals surface area (Å²) in [7, 11) is 0. The van der Waals surface area contributed by atoms with E-state index in [0.717, 1.165) is 26.9 Å². The summed E-state index contributed by atoms with van der Waals surface area (Å²) < 4.78 is 12.7. The van der Waals surface area contributed by atoms with E-state index >= 15 is 0 Å². The number of carbonyl (C=O) groups is 1. The first-order valence-corrected chi connectivity index (χ1v) is 11.7. The van der Waals surface area contributed by atoms with Gasteiger partial charge in [0.15, 0.2) is 11.5 Å². The highest BCUT2D eigenvalue weighted by Crippen LogP contribution is 2.41. The molecule has 0 bridgehead atoms. The lowest BCUT2D eigenvalue weighted by Crippen LogP contribution is -2.25. The molecule has 1 heterocycles. The predicted octanol–water partition coefficient (Wildman–Crippen LogP) is 6.99. The van der Waals surface area contributed by atoms with Crippen LogP contribution in [0.15, 0.2) is 65.1 Å². The molecule has 0 N–H and O–H groups in total. The summed E-state index contributed by atoms with van der Waals surface area (Å²) in [5.41, 5.74) is 4.37. The number of likely N-dealkylation sites (N-methyl/N-ethyl adjacent to an activating group) is 1. The summed E-state index contributed by atoms with van der Waals surface area (Å²) in [6.45, 7) is 5.38. The average molecular weight is 513 g/mol. The van der Waals surface area contributed by atoms with E-state index in [1.54, 1.807) is 4.90 Å². The molecule has 32 heavy (non-hydrogen) atoms. The van der Waals surface area contributed by atoms with E-state index in [0.29, 0.717) is 41.9 Å². The number of fused-ring (bicyclic) bond motifs is 1. The molecule has 1 amide bonds. The maximum absolute atomic E-state index is 13.0. The van der Waals surface area contributed by atoms with Gasteiger partial charge in [-0.15, -0.1) is 0 Å². The Bertz CT molecular complexity index is 1190. The summed E-state index contributed by atoms with van der Waals surface area (Å²) in [6, 6.07) is 19.3. The second kappa shape index (κ2) is 9.80. The molecule has 6 heteroatoms. The third-order valence-corrected chi connectivity index (χ3v) is 6.02. The van der Waals surface area contributed by atoms with Gasteiger partial charge in [-0.3, -0.25) is 4.79 Å². The maximum Gasteiger partial charge on any atom is 0.258 e. The largest absolute Gasteiger partial charge is 0.490 e. The normalized spacial score (nSPS) is 14.1. The number of rotatable bonds is 7. The van der Waals surface area contributed by atoms with Crippen molar-refractivity contribution in [2.75, 3.05) is 18.1 Å². The van der Waals surface area contributed by atoms with Crippen LogP contribution in [-0.4, -0.2) is 19.1 Å². The molecule has 3 aromatic rings. The fourth-order valence-electron chi connectivity index (χ4n) is 3.78. The van der Waals surface area contributed by atoms with Crippen LogP contribution < -0.4 is 14.4 Å². The quantitative estimate of drug-likeness (QED) is 0.320. The molecule has 4 rings (SSSR count). The Labute approximate surface area is 201 Å². The fraction of sp³-hybridized carbons (Fsp3) is 0.192. The molecule has 0 aliphatic carbocycles. The standard InChI is InChI=1S/C26H23BrClNO3/c1-3-29-23-11-6-5-10-20(23)21(26(29)30)13-18-14-22(27)25(24(15-18)31-4-2)32-16-17-8-7-9-19(28)12-17/h5-15H,3-4,16H2,1-2H3/b21-13-. The highest BCUT2D eigenvalue weighted by molar-refractivity contribution is 9.10. The number of para-hydroxylation sites is 1. The molecule has 0 saturated heterocycles. The zero-order valence-electron chi connectivity index (χ0n) is 17.9. The Morgan fingerprint density at radius 3 is 2.59 bits per heavy atom. The molecule has 0 saturated carbocycles. The molecule has 1 aliphatic rings. The van der Waals surface area contributed by atoms with Crippen molar-refractivity contribution >= 4 is 50.8 Å². The van der Waals surface area contributed by atoms with Crippen molar-refractivity contribution in [2.45, 2.75) is 20.5 Å². The van der Waals surface area contributed by atoms with Gasteiger partial charge in [0.05, 0.1) is 16.8 Å². The zero-order valence-corrected chi connectivity index (χ0v) is 20.2. The molecule has 0 radical (unpaired) electrons. The number of hydrogen-bond acceptors (Lipinski definition) is 3. The number of ether oxygens (including phenoxy) is 2. The smallest absolute Gasteiger partial charge is 0.258 e. The zero-order chi connectivity index (χ0) is 22.7. The topological polar surface area (TPSA) is 38.8 Å². The third kappa shape index (κ3) is 4.54. The van der Waals surface area contributed by atoms with Crippen LogP contribution in [0, 0.1) is 0 Å². The van der Waals surface area contributed by atoms with Crippen molar-refractivity contribution in [3.8, 4) is 11.5 Å². The molecule has 0 atom stereocenters. The Morgan fingerprint density at radius 2 is 1.84 bits per heavy atom. The van der Waals surface area contributed by atoms with Crippen LogP contribution in [0.3, 0.4) is 0 Å². The first-order valence-electron chi connectivity index (χ1n) is 10.5. The summed E-state index contributed by atoms with van der Waals surface area (Å²) >= 11 is 9.70. The van der Waals surface area contributed by atoms with Crippen LogP contribution in [0.5, 0.6) is 11.5 Å². The lowest BCUT2D eigenvalue weighted by molar-refractivity contribution is -0.112. The number of amides is 1. The van der Waals surface area contributed by atoms with E-state index in [9.17, 15) is 4.79 Å². The van der Waals surface area contributed by atoms with Crippen molar-refractivity contribution in [3.05, 3.63) is 86.8 Å². The van der Waals surface area contributed by atoms with E-state index in [4.69, 9.17) is 21.1 Å². The third-order valence-electron chi connectivity index (χ3n) is 5.19. The molecule has 4 nitrogen and oxygen atoms in total. The Balaban J connectivity index is 1.68. The fourth-order valence-corrected chi connectivity index (χ4v) is 4.57. The SMILES string of the molecule is CCOc1cc(/C=C2\C(=O)N(CC)c3ccccc32)cc(Br)c1OCc1cccc(Cl)c1. The molecule has 3 aromatic carbocycles. The van der Waals surface area contributed by atoms with Crippen LogP contribution in [0.2, 0.25) is 5.02 Å². The number of carbonyl (C=O) groups excluding carboxylic acids is 1. The summed E-state index contributed by atoms with van der Waals surface area (Å²) in [6.07, 6.45) is 1.91. The van der Waals surface area contributed by atoms with E-state index in [1.807, 2.05) is 80.6 Å². The van der Waals surface area contributed by atoms with E-state index < -0.39 is 0 Å². The van der Waals surface area contributed by atoms with Gasteiger partial charge in [0, 0.05) is 22.7 Å². The lowest BCUT2D eigenvalue weighted by Gasteiger charge is -2.15. The molecular weight excluding hydrogens is 490 g/mol. The molecule has 0 fully saturated rings. The van der Waals surface area contributed by atoms with Crippen LogP contribution in [0.4, 0.5) is 5.69 Å². The summed E-state index contributed by atoms with van der Waals surface area (Å²) in [5, 5.41) is 0.666. The van der Waals surface area contributed by atoms with Crippen LogP contribution in [0.25, 0.3) is 11.6 Å². The van der Waals surface area contributed by atoms with E-state index in [1.165, 1.54) is 0 Å². The van der Waals surface area contributed by atoms with E-state index in [-0.39, 0.29) is 5.91 Å². The molecule has 0 spiro atoms. The minimum atomic E-state index is 0.00376. The number of hydrogen-bond donors (Lipinski definition) is 0. The average Bonchev–Trinajstić information content (AvgIpc) is 3.04. The minimum absolute atomic E-state index is 0.00376. The van der Waals surface area contributed by atoms with Crippen molar-refractivity contribution in [3.63, 3.8) is 0 Å². The maximum atomic E-state index is 13.0. The first kappa shape index (κ1) is 22.4. The number of anilines is 1. The van der Waals surface area contributed by atoms with Gasteiger partial charge >= 0.3 is 0 Å². The highest BCUT2D eigenvalue weighted by Gasteiger charge is 2.30. The monoisotopic (exact) mass is 511 g/mol. The van der Waals surface area contributed by atoms with Gasteiger partial charge < -0.3 is 14.4 Å². The first-order chi connectivity index (χ1) is 15.5. The Morgan fingerprint density at radius 1 is 1.03 bits per heavy atom. The van der Waals surface area contributed by atoms with Gasteiger partial charge in [-0.1, -0.05) is 41.9 Å². The van der Waals surface area contributed by atoms with Gasteiger partial charge in [-0.25, -0.2) is 0 Å². The van der Waals surface area contributed by atoms with Crippen molar-refractivity contribution in [2.24, 2.45) is 0 Å². The van der Waals surface area contributed by atoms with Gasteiger partial charge in [-0.05, 0) is 77.3 Å². The summed E-state index contributed by atoms with van der Waals surface area (Å²) in [5.74, 6) is 1.23. The second-order valence-electron chi connectivity index (χ2n) is 7.31. The molecule has 0 unspecified atom stereocenters. The van der Waals surface area contributed by atoms with Crippen molar-refractivity contribution in [1.82, 2.24) is 0 Å². The van der Waals surface area contributed by atoms with Crippen molar-refractivity contribution in [1.29, 1.82) is 0 Å². The van der Waals surface area contributed by atoms with Crippen molar-refractivity contribution < 1.29 is 14.3 Å². The number of halogens is 2. The molecular formula is C26H23BrClNO3. The van der Waals surface area contributed by atoms with Crippen LogP contribution in [0.1, 0.15) is 30.5 Å². The van der Waals surface area contributed by atoms with Gasteiger partial charge in [-0.2, -0.15) is 0 Å². The highest BCUT2D eigenvalue weighted by atomic mass is 79.9. The predicted molar refractivity (Wildman–Crippen MR) is 133 cm³/mol. The molecule has 0 aromatic heterocycles. The Kier molecular flexibility index (Phi) is 6.87. The number of benzene rings is 3. The molecule has 164 valence electrons. The Hall–Kier alpha value is -2.76. The van der Waals surface area contributed by atoms with E-state index in [2.05, 4.69) is 15.9 Å². The lowest BCUT2D eigenvalue weighted by atomic mass is 10.0. The van der Waals surface area contributed by atoms with Gasteiger partial charge in [0.1, 0.15) is 6.61 Å². The summed E-state index contributed by atoms with van der Waals surface area (Å²) in [4.78, 5) is 14.8.